The first-order valence-electron chi connectivity index (χ1n) is 19.6. The first kappa shape index (κ1) is 30.5. The number of benzene rings is 6. The Labute approximate surface area is 315 Å². The second-order valence-corrected chi connectivity index (χ2v) is 16.3. The van der Waals surface area contributed by atoms with E-state index in [0.29, 0.717) is 29.3 Å². The average molecular weight is 695 g/mol. The quantitative estimate of drug-likeness (QED) is 0.184. The Bertz CT molecular complexity index is 2750. The Hall–Kier alpha value is -6.00. The molecule has 0 unspecified atom stereocenters. The highest BCUT2D eigenvalue weighted by atomic mass is 15.0. The van der Waals surface area contributed by atoms with Gasteiger partial charge in [-0.25, -0.2) is 15.0 Å². The molecule has 2 heterocycles. The van der Waals surface area contributed by atoms with Crippen LogP contribution in [-0.2, 0) is 5.41 Å². The van der Waals surface area contributed by atoms with Gasteiger partial charge in [0.05, 0.1) is 5.52 Å². The summed E-state index contributed by atoms with van der Waals surface area (Å²) in [4.78, 5) is 20.2. The number of nitrogens with zero attached hydrogens (tertiary/aromatic N) is 4. The van der Waals surface area contributed by atoms with Gasteiger partial charge in [-0.15, -0.1) is 0 Å². The van der Waals surface area contributed by atoms with Crippen LogP contribution in [0.2, 0.25) is 0 Å². The summed E-state index contributed by atoms with van der Waals surface area (Å²) < 4.78 is 0. The van der Waals surface area contributed by atoms with Crippen molar-refractivity contribution in [3.8, 4) is 56.4 Å². The summed E-state index contributed by atoms with van der Waals surface area (Å²) in [5, 5.41) is 3.80. The molecule has 0 aliphatic heterocycles. The number of fused-ring (bicyclic) bond motifs is 5. The van der Waals surface area contributed by atoms with Crippen LogP contribution in [0.3, 0.4) is 0 Å². The summed E-state index contributed by atoms with van der Waals surface area (Å²) in [5.74, 6) is 5.29. The molecule has 258 valence electrons. The molecule has 13 rings (SSSR count). The Morgan fingerprint density at radius 1 is 0.407 bits per heavy atom. The van der Waals surface area contributed by atoms with Crippen LogP contribution in [0.25, 0.3) is 78.1 Å². The van der Waals surface area contributed by atoms with E-state index in [1.165, 1.54) is 54.0 Å². The summed E-state index contributed by atoms with van der Waals surface area (Å²) in [6, 6.07) is 50.5. The van der Waals surface area contributed by atoms with E-state index in [4.69, 9.17) is 19.9 Å². The summed E-state index contributed by atoms with van der Waals surface area (Å²) in [7, 11) is 0. The van der Waals surface area contributed by atoms with Crippen LogP contribution < -0.4 is 0 Å². The molecule has 4 heteroatoms. The van der Waals surface area contributed by atoms with Crippen molar-refractivity contribution in [3.05, 3.63) is 157 Å². The van der Waals surface area contributed by atoms with Crippen molar-refractivity contribution in [3.63, 3.8) is 0 Å². The van der Waals surface area contributed by atoms with E-state index in [-0.39, 0.29) is 5.41 Å². The van der Waals surface area contributed by atoms with Gasteiger partial charge in [0, 0.05) is 39.3 Å². The summed E-state index contributed by atoms with van der Waals surface area (Å²) >= 11 is 0. The molecule has 4 nitrogen and oxygen atoms in total. The summed E-state index contributed by atoms with van der Waals surface area (Å²) in [5.41, 5.74) is 12.2. The minimum atomic E-state index is 0.0987. The topological polar surface area (TPSA) is 51.6 Å². The lowest BCUT2D eigenvalue weighted by molar-refractivity contribution is -0.0398. The van der Waals surface area contributed by atoms with Crippen molar-refractivity contribution >= 4 is 21.7 Å². The lowest BCUT2D eigenvalue weighted by atomic mass is 9.43. The number of hydrogen-bond acceptors (Lipinski definition) is 4. The Balaban J connectivity index is 1.01. The first-order chi connectivity index (χ1) is 26.7. The van der Waals surface area contributed by atoms with Crippen LogP contribution in [0.1, 0.15) is 43.2 Å². The zero-order valence-corrected chi connectivity index (χ0v) is 30.0. The van der Waals surface area contributed by atoms with Gasteiger partial charge in [0.15, 0.2) is 17.5 Å². The number of rotatable bonds is 4. The van der Waals surface area contributed by atoms with Crippen molar-refractivity contribution < 1.29 is 0 Å². The van der Waals surface area contributed by atoms with Crippen LogP contribution in [0.4, 0.5) is 0 Å². The molecule has 6 aromatic carbocycles. The standard InChI is InChI=1S/C50H38N4/c1-2-8-34(9-3-1)47-52-48(35-17-15-32(16-18-35)41-14-6-12-33-13-7-21-51-46(33)41)54-49(53-47)38-19-20-44-42(28-38)43-27-36-10-4-5-11-37(36)29-45(43)50(44)39-23-30-22-31(25-39)26-40(50)24-30/h1-21,27-31,39-40H,22-26H2. The molecular weight excluding hydrogens is 657 g/mol. The molecule has 5 aliphatic carbocycles. The second kappa shape index (κ2) is 11.5. The molecular formula is C50H38N4. The van der Waals surface area contributed by atoms with E-state index in [1.807, 2.05) is 30.5 Å². The van der Waals surface area contributed by atoms with E-state index < -0.39 is 0 Å². The fourth-order valence-corrected chi connectivity index (χ4v) is 11.5. The maximum Gasteiger partial charge on any atom is 0.164 e. The van der Waals surface area contributed by atoms with Crippen LogP contribution in [0.15, 0.2) is 146 Å². The highest BCUT2D eigenvalue weighted by molar-refractivity contribution is 5.95. The van der Waals surface area contributed by atoms with Gasteiger partial charge in [0.2, 0.25) is 0 Å². The Morgan fingerprint density at radius 3 is 1.72 bits per heavy atom. The maximum absolute atomic E-state index is 5.23. The number of para-hydroxylation sites is 1. The minimum Gasteiger partial charge on any atom is -0.256 e. The summed E-state index contributed by atoms with van der Waals surface area (Å²) in [6.07, 6.45) is 8.79. The van der Waals surface area contributed by atoms with Crippen molar-refractivity contribution in [2.24, 2.45) is 23.7 Å². The van der Waals surface area contributed by atoms with Gasteiger partial charge in [0.1, 0.15) is 0 Å². The fraction of sp³-hybridized carbons (Fsp3) is 0.200. The molecule has 1 spiro atoms. The van der Waals surface area contributed by atoms with Crippen molar-refractivity contribution in [2.75, 3.05) is 0 Å². The van der Waals surface area contributed by atoms with Gasteiger partial charge >= 0.3 is 0 Å². The lowest BCUT2D eigenvalue weighted by Gasteiger charge is -2.61. The highest BCUT2D eigenvalue weighted by Gasteiger charge is 2.61. The first-order valence-corrected chi connectivity index (χ1v) is 19.6. The normalized spacial score (nSPS) is 23.3. The van der Waals surface area contributed by atoms with Gasteiger partial charge in [0.25, 0.3) is 0 Å². The third-order valence-electron chi connectivity index (χ3n) is 13.5. The van der Waals surface area contributed by atoms with E-state index in [0.717, 1.165) is 50.6 Å². The molecule has 54 heavy (non-hydrogen) atoms. The van der Waals surface area contributed by atoms with E-state index in [2.05, 4.69) is 115 Å². The third kappa shape index (κ3) is 4.43. The Kier molecular flexibility index (Phi) is 6.49. The third-order valence-corrected chi connectivity index (χ3v) is 13.5. The SMILES string of the molecule is c1ccc(-c2nc(-c3ccc(-c4cccc5cccnc45)cc3)nc(-c3ccc4c(c3)-c3cc5ccccc5cc3C43C4CC5CC(C4)CC3C5)n2)cc1. The zero-order valence-electron chi connectivity index (χ0n) is 30.0. The van der Waals surface area contributed by atoms with Crippen molar-refractivity contribution in [1.29, 1.82) is 0 Å². The van der Waals surface area contributed by atoms with Crippen LogP contribution in [-0.4, -0.2) is 19.9 Å². The molecule has 4 saturated carbocycles. The van der Waals surface area contributed by atoms with Gasteiger partial charge < -0.3 is 0 Å². The molecule has 0 atom stereocenters. The summed E-state index contributed by atoms with van der Waals surface area (Å²) in [6.45, 7) is 0. The van der Waals surface area contributed by atoms with E-state index in [1.54, 1.807) is 11.1 Å². The van der Waals surface area contributed by atoms with Gasteiger partial charge in [-0.05, 0) is 119 Å². The second-order valence-electron chi connectivity index (χ2n) is 16.3. The van der Waals surface area contributed by atoms with Gasteiger partial charge in [-0.3, -0.25) is 4.98 Å². The largest absolute Gasteiger partial charge is 0.256 e. The number of aromatic nitrogens is 4. The average Bonchev–Trinajstić information content (AvgIpc) is 3.50. The molecule has 0 N–H and O–H groups in total. The molecule has 4 bridgehead atoms. The molecule has 8 aromatic rings. The number of hydrogen-bond donors (Lipinski definition) is 0. The van der Waals surface area contributed by atoms with Crippen LogP contribution >= 0.6 is 0 Å². The van der Waals surface area contributed by atoms with Crippen LogP contribution in [0, 0.1) is 23.7 Å². The smallest absolute Gasteiger partial charge is 0.164 e. The molecule has 0 saturated heterocycles. The van der Waals surface area contributed by atoms with Crippen LogP contribution in [0.5, 0.6) is 0 Å². The molecule has 0 radical (unpaired) electrons. The highest BCUT2D eigenvalue weighted by Crippen LogP contribution is 2.69. The number of pyridine rings is 1. The zero-order chi connectivity index (χ0) is 35.4. The molecule has 5 aliphatic rings. The monoisotopic (exact) mass is 694 g/mol. The predicted octanol–water partition coefficient (Wildman–Crippen LogP) is 12.0. The van der Waals surface area contributed by atoms with Gasteiger partial charge in [-0.1, -0.05) is 115 Å². The molecule has 2 aromatic heterocycles. The predicted molar refractivity (Wildman–Crippen MR) is 218 cm³/mol. The Morgan fingerprint density at radius 2 is 0.981 bits per heavy atom. The molecule has 4 fully saturated rings. The van der Waals surface area contributed by atoms with Crippen molar-refractivity contribution in [2.45, 2.75) is 37.5 Å². The van der Waals surface area contributed by atoms with E-state index >= 15 is 0 Å². The van der Waals surface area contributed by atoms with Gasteiger partial charge in [-0.2, -0.15) is 0 Å². The van der Waals surface area contributed by atoms with E-state index in [9.17, 15) is 0 Å². The molecule has 0 amide bonds. The maximum atomic E-state index is 5.23. The fourth-order valence-electron chi connectivity index (χ4n) is 11.5. The lowest BCUT2D eigenvalue weighted by Crippen LogP contribution is -2.55. The minimum absolute atomic E-state index is 0.0987. The van der Waals surface area contributed by atoms with Crippen molar-refractivity contribution in [1.82, 2.24) is 19.9 Å².